The van der Waals surface area contributed by atoms with Crippen LogP contribution < -0.4 is 5.73 Å². The van der Waals surface area contributed by atoms with Crippen molar-refractivity contribution >= 4 is 17.7 Å². The van der Waals surface area contributed by atoms with Gasteiger partial charge in [0.15, 0.2) is 0 Å². The summed E-state index contributed by atoms with van der Waals surface area (Å²) in [7, 11) is 0. The molecule has 0 unspecified atom stereocenters. The third kappa shape index (κ3) is 3.55. The number of primary amides is 1. The Bertz CT molecular complexity index is 417. The summed E-state index contributed by atoms with van der Waals surface area (Å²) in [6.07, 6.45) is 0.602. The van der Waals surface area contributed by atoms with Crippen LogP contribution in [0.3, 0.4) is 0 Å². The average molecular weight is 272 g/mol. The second-order valence-corrected chi connectivity index (χ2v) is 4.00. The molecule has 0 fully saturated rings. The van der Waals surface area contributed by atoms with Crippen LogP contribution in [0.5, 0.6) is 0 Å². The van der Waals surface area contributed by atoms with Crippen molar-refractivity contribution < 1.29 is 26.7 Å². The first-order valence-corrected chi connectivity index (χ1v) is 4.84. The molecule has 17 heavy (non-hydrogen) atoms. The molecule has 0 aliphatic heterocycles. The van der Waals surface area contributed by atoms with Gasteiger partial charge in [0.2, 0.25) is 0 Å². The Morgan fingerprint density at radius 1 is 1.24 bits per heavy atom. The summed E-state index contributed by atoms with van der Waals surface area (Å²) in [5, 5.41) is 0. The monoisotopic (exact) mass is 272 g/mol. The lowest BCUT2D eigenvalue weighted by atomic mass is 10.2. The lowest BCUT2D eigenvalue weighted by molar-refractivity contribution is -0.143. The maximum Gasteiger partial charge on any atom is 0.446 e. The Labute approximate surface area is 96.2 Å². The summed E-state index contributed by atoms with van der Waals surface area (Å²) in [5.41, 5.74) is -1.09. The highest BCUT2D eigenvalue weighted by Crippen LogP contribution is 2.37. The summed E-state index contributed by atoms with van der Waals surface area (Å²) in [6.45, 7) is 0. The van der Waals surface area contributed by atoms with Crippen LogP contribution in [0.1, 0.15) is 5.69 Å². The summed E-state index contributed by atoms with van der Waals surface area (Å²) >= 11 is -0.495. The van der Waals surface area contributed by atoms with E-state index in [4.69, 9.17) is 0 Å². The molecule has 0 aliphatic carbocycles. The number of thioether (sulfide) groups is 1. The molecule has 94 valence electrons. The molecule has 2 N–H and O–H groups in total. The van der Waals surface area contributed by atoms with Crippen LogP contribution in [-0.2, 0) is 10.7 Å². The van der Waals surface area contributed by atoms with E-state index in [9.17, 15) is 26.7 Å². The van der Waals surface area contributed by atoms with Crippen LogP contribution in [0.4, 0.5) is 22.0 Å². The quantitative estimate of drug-likeness (QED) is 0.678. The van der Waals surface area contributed by atoms with Crippen LogP contribution in [0.25, 0.3) is 0 Å². The minimum absolute atomic E-state index is 0.360. The fraction of sp³-hybridized carbons (Fsp3) is 0.250. The molecule has 0 aromatic carbocycles. The SMILES string of the molecule is NC(=O)C(F)(F)c1ccc(SC(F)(F)F)cn1. The van der Waals surface area contributed by atoms with Crippen molar-refractivity contribution in [1.82, 2.24) is 4.98 Å². The Kier molecular flexibility index (Phi) is 3.60. The first kappa shape index (κ1) is 13.7. The van der Waals surface area contributed by atoms with E-state index in [1.165, 1.54) is 0 Å². The van der Waals surface area contributed by atoms with Gasteiger partial charge in [0.25, 0.3) is 5.91 Å². The number of nitrogens with zero attached hydrogens (tertiary/aromatic N) is 1. The van der Waals surface area contributed by atoms with E-state index < -0.39 is 34.8 Å². The number of hydrogen-bond acceptors (Lipinski definition) is 3. The van der Waals surface area contributed by atoms with Crippen molar-refractivity contribution in [3.8, 4) is 0 Å². The number of carbonyl (C=O) groups is 1. The molecule has 0 radical (unpaired) electrons. The van der Waals surface area contributed by atoms with Gasteiger partial charge in [-0.3, -0.25) is 9.78 Å². The molecular formula is C8H5F5N2OS. The Morgan fingerprint density at radius 2 is 1.82 bits per heavy atom. The Balaban J connectivity index is 2.93. The van der Waals surface area contributed by atoms with Crippen LogP contribution >= 0.6 is 11.8 Å². The number of amides is 1. The van der Waals surface area contributed by atoms with Crippen molar-refractivity contribution in [2.45, 2.75) is 16.3 Å². The molecule has 1 heterocycles. The zero-order valence-corrected chi connectivity index (χ0v) is 8.78. The van der Waals surface area contributed by atoms with Crippen LogP contribution in [0.2, 0.25) is 0 Å². The van der Waals surface area contributed by atoms with Crippen molar-refractivity contribution in [3.63, 3.8) is 0 Å². The molecule has 1 amide bonds. The minimum atomic E-state index is -4.53. The fourth-order valence-electron chi connectivity index (χ4n) is 0.886. The van der Waals surface area contributed by atoms with Gasteiger partial charge in [0.1, 0.15) is 5.69 Å². The summed E-state index contributed by atoms with van der Waals surface area (Å²) < 4.78 is 61.7. The largest absolute Gasteiger partial charge is 0.446 e. The number of aromatic nitrogens is 1. The smallest absolute Gasteiger partial charge is 0.364 e. The number of nitrogens with two attached hydrogens (primary N) is 1. The minimum Gasteiger partial charge on any atom is -0.364 e. The molecule has 3 nitrogen and oxygen atoms in total. The number of alkyl halides is 5. The molecule has 0 bridgehead atoms. The van der Waals surface area contributed by atoms with E-state index in [0.717, 1.165) is 6.07 Å². The number of pyridine rings is 1. The second-order valence-electron chi connectivity index (χ2n) is 2.87. The van der Waals surface area contributed by atoms with Gasteiger partial charge in [-0.05, 0) is 23.9 Å². The maximum atomic E-state index is 13.0. The van der Waals surface area contributed by atoms with Crippen molar-refractivity contribution in [1.29, 1.82) is 0 Å². The molecule has 0 spiro atoms. The highest BCUT2D eigenvalue weighted by Gasteiger charge is 2.40. The lowest BCUT2D eigenvalue weighted by Gasteiger charge is -2.11. The second kappa shape index (κ2) is 4.47. The number of halogens is 5. The molecule has 1 rings (SSSR count). The van der Waals surface area contributed by atoms with Gasteiger partial charge in [0, 0.05) is 11.1 Å². The lowest BCUT2D eigenvalue weighted by Crippen LogP contribution is -2.33. The molecule has 0 saturated heterocycles. The zero-order valence-electron chi connectivity index (χ0n) is 7.96. The van der Waals surface area contributed by atoms with E-state index in [2.05, 4.69) is 10.7 Å². The number of carbonyl (C=O) groups excluding carboxylic acids is 1. The predicted molar refractivity (Wildman–Crippen MR) is 49.2 cm³/mol. The van der Waals surface area contributed by atoms with E-state index in [1.54, 1.807) is 0 Å². The predicted octanol–water partition coefficient (Wildman–Crippen LogP) is 2.27. The third-order valence-corrected chi connectivity index (χ3v) is 2.31. The summed E-state index contributed by atoms with van der Waals surface area (Å²) in [4.78, 5) is 13.1. The van der Waals surface area contributed by atoms with Crippen molar-refractivity contribution in [3.05, 3.63) is 24.0 Å². The van der Waals surface area contributed by atoms with E-state index in [0.29, 0.717) is 12.3 Å². The third-order valence-electron chi connectivity index (χ3n) is 1.60. The fourth-order valence-corrected chi connectivity index (χ4v) is 1.40. The first-order valence-electron chi connectivity index (χ1n) is 4.03. The van der Waals surface area contributed by atoms with Gasteiger partial charge in [-0.1, -0.05) is 0 Å². The van der Waals surface area contributed by atoms with E-state index in [-0.39, 0.29) is 4.90 Å². The van der Waals surface area contributed by atoms with Gasteiger partial charge >= 0.3 is 11.4 Å². The normalized spacial score (nSPS) is 12.5. The summed E-state index contributed by atoms with van der Waals surface area (Å²) in [5.74, 6) is -5.91. The van der Waals surface area contributed by atoms with Gasteiger partial charge in [-0.25, -0.2) is 0 Å². The topological polar surface area (TPSA) is 56.0 Å². The van der Waals surface area contributed by atoms with Crippen LogP contribution in [0.15, 0.2) is 23.2 Å². The van der Waals surface area contributed by atoms with Gasteiger partial charge in [0.05, 0.1) is 0 Å². The Hall–Kier alpha value is -1.38. The van der Waals surface area contributed by atoms with E-state index in [1.807, 2.05) is 0 Å². The van der Waals surface area contributed by atoms with Crippen LogP contribution in [-0.4, -0.2) is 16.4 Å². The molecule has 0 saturated carbocycles. The van der Waals surface area contributed by atoms with Crippen LogP contribution in [0, 0.1) is 0 Å². The molecule has 0 aliphatic rings. The average Bonchev–Trinajstić information content (AvgIpc) is 2.15. The highest BCUT2D eigenvalue weighted by atomic mass is 32.2. The van der Waals surface area contributed by atoms with Crippen molar-refractivity contribution in [2.24, 2.45) is 5.73 Å². The first-order chi connectivity index (χ1) is 7.63. The number of rotatable bonds is 3. The molecule has 1 aromatic rings. The molecule has 9 heteroatoms. The van der Waals surface area contributed by atoms with E-state index >= 15 is 0 Å². The van der Waals surface area contributed by atoms with Gasteiger partial charge in [-0.2, -0.15) is 22.0 Å². The standard InChI is InChI=1S/C8H5F5N2OS/c9-7(10,6(14)16)5-2-1-4(3-15-5)17-8(11,12)13/h1-3H,(H2,14,16). The van der Waals surface area contributed by atoms with Gasteiger partial charge < -0.3 is 5.73 Å². The van der Waals surface area contributed by atoms with Gasteiger partial charge in [-0.15, -0.1) is 0 Å². The number of hydrogen-bond donors (Lipinski definition) is 1. The zero-order chi connectivity index (χ0) is 13.3. The summed E-state index contributed by atoms with van der Waals surface area (Å²) in [6, 6.07) is 1.41. The molecular weight excluding hydrogens is 267 g/mol. The molecule has 1 aromatic heterocycles. The molecule has 0 atom stereocenters. The Morgan fingerprint density at radius 3 is 2.18 bits per heavy atom. The maximum absolute atomic E-state index is 13.0. The highest BCUT2D eigenvalue weighted by molar-refractivity contribution is 8.00. The van der Waals surface area contributed by atoms with Crippen molar-refractivity contribution in [2.75, 3.05) is 0 Å².